The Kier molecular flexibility index (Phi) is 3.42. The summed E-state index contributed by atoms with van der Waals surface area (Å²) >= 11 is 2.92. The highest BCUT2D eigenvalue weighted by Gasteiger charge is 2.76. The summed E-state index contributed by atoms with van der Waals surface area (Å²) < 4.78 is 28.3. The van der Waals surface area contributed by atoms with E-state index in [2.05, 4.69) is 15.9 Å². The first-order valence-corrected chi connectivity index (χ1v) is 8.88. The van der Waals surface area contributed by atoms with Crippen LogP contribution in [0.15, 0.2) is 28.8 Å². The monoisotopic (exact) mass is 411 g/mol. The van der Waals surface area contributed by atoms with E-state index in [1.807, 2.05) is 12.2 Å². The van der Waals surface area contributed by atoms with Crippen molar-refractivity contribution < 1.29 is 23.5 Å². The number of carboxylic acids is 1. The second kappa shape index (κ2) is 5.13. The van der Waals surface area contributed by atoms with Crippen molar-refractivity contribution >= 4 is 27.8 Å². The molecule has 2 saturated carbocycles. The molecule has 3 N–H and O–H groups in total. The van der Waals surface area contributed by atoms with Crippen LogP contribution in [0.3, 0.4) is 0 Å². The first kappa shape index (κ1) is 16.7. The van der Waals surface area contributed by atoms with Crippen LogP contribution in [-0.2, 0) is 16.0 Å². The molecule has 1 spiro atoms. The van der Waals surface area contributed by atoms with Gasteiger partial charge in [-0.2, -0.15) is 0 Å². The molecule has 3 aliphatic carbocycles. The number of nitrogens with two attached hydrogens (primary N) is 1. The van der Waals surface area contributed by atoms with E-state index in [9.17, 15) is 23.5 Å². The second-order valence-corrected chi connectivity index (χ2v) is 8.23. The lowest BCUT2D eigenvalue weighted by molar-refractivity contribution is -0.153. The van der Waals surface area contributed by atoms with Crippen molar-refractivity contribution in [2.45, 2.75) is 19.3 Å². The second-order valence-electron chi connectivity index (χ2n) is 7.38. The van der Waals surface area contributed by atoms with Crippen LogP contribution >= 0.6 is 15.9 Å². The molecule has 2 bridgehead atoms. The number of carboxylic acid groups (broad SMARTS) is 1. The average Bonchev–Trinajstić information content (AvgIpc) is 3.19. The smallest absolute Gasteiger partial charge is 0.308 e. The van der Waals surface area contributed by atoms with Crippen LogP contribution < -0.4 is 5.73 Å². The van der Waals surface area contributed by atoms with E-state index in [0.29, 0.717) is 0 Å². The molecule has 0 saturated heterocycles. The fraction of sp³-hybridized carbons (Fsp3) is 0.444. The molecule has 25 heavy (non-hydrogen) atoms. The minimum Gasteiger partial charge on any atom is -0.481 e. The van der Waals surface area contributed by atoms with E-state index >= 15 is 0 Å². The zero-order chi connectivity index (χ0) is 18.1. The predicted octanol–water partition coefficient (Wildman–Crippen LogP) is 3.04. The molecule has 0 aliphatic heterocycles. The number of amides is 1. The summed E-state index contributed by atoms with van der Waals surface area (Å²) in [6.07, 6.45) is 5.14. The van der Waals surface area contributed by atoms with E-state index in [-0.39, 0.29) is 33.7 Å². The van der Waals surface area contributed by atoms with Crippen molar-refractivity contribution in [1.29, 1.82) is 0 Å². The molecule has 0 aromatic heterocycles. The van der Waals surface area contributed by atoms with Crippen molar-refractivity contribution in [3.63, 3.8) is 0 Å². The number of halogens is 3. The third kappa shape index (κ3) is 2.02. The molecule has 4 atom stereocenters. The van der Waals surface area contributed by atoms with Gasteiger partial charge in [0.15, 0.2) is 0 Å². The highest BCUT2D eigenvalue weighted by Crippen LogP contribution is 2.76. The summed E-state index contributed by atoms with van der Waals surface area (Å²) in [5.74, 6) is -4.88. The molecule has 2 fully saturated rings. The van der Waals surface area contributed by atoms with Gasteiger partial charge in [0.25, 0.3) is 0 Å². The number of aliphatic carboxylic acids is 1. The van der Waals surface area contributed by atoms with Gasteiger partial charge in [-0.3, -0.25) is 9.59 Å². The summed E-state index contributed by atoms with van der Waals surface area (Å²) in [5, 5.41) is 9.81. The third-order valence-electron chi connectivity index (χ3n) is 6.39. The Morgan fingerprint density at radius 3 is 2.48 bits per heavy atom. The molecule has 3 aliphatic rings. The molecule has 1 amide bonds. The maximum absolute atomic E-state index is 14.4. The molecule has 1 aromatic rings. The van der Waals surface area contributed by atoms with Gasteiger partial charge in [0.1, 0.15) is 11.6 Å². The van der Waals surface area contributed by atoms with Gasteiger partial charge in [-0.05, 0) is 70.1 Å². The van der Waals surface area contributed by atoms with Crippen molar-refractivity contribution in [1.82, 2.24) is 0 Å². The molecule has 7 heteroatoms. The number of allylic oxidation sites excluding steroid dienone is 2. The summed E-state index contributed by atoms with van der Waals surface area (Å²) in [4.78, 5) is 24.5. The van der Waals surface area contributed by atoms with Gasteiger partial charge in [0.05, 0.1) is 15.8 Å². The predicted molar refractivity (Wildman–Crippen MR) is 88.3 cm³/mol. The minimum absolute atomic E-state index is 0.0249. The SMILES string of the molecule is NC(=O)[C@@]1(Cc2cc(F)c(Br)cc2F)[C@H](C(=O)O)[C@H]2C=C[C@H]1C21CC1. The fourth-order valence-electron chi connectivity index (χ4n) is 5.25. The molecule has 0 unspecified atom stereocenters. The summed E-state index contributed by atoms with van der Waals surface area (Å²) in [5.41, 5.74) is 3.97. The van der Waals surface area contributed by atoms with Gasteiger partial charge in [0.2, 0.25) is 5.91 Å². The number of hydrogen-bond donors (Lipinski definition) is 2. The molecule has 4 nitrogen and oxygen atoms in total. The van der Waals surface area contributed by atoms with E-state index in [1.165, 1.54) is 0 Å². The molecular formula is C18H16BrF2NO3. The first-order valence-electron chi connectivity index (χ1n) is 8.08. The highest BCUT2D eigenvalue weighted by atomic mass is 79.9. The van der Waals surface area contributed by atoms with Crippen molar-refractivity contribution in [3.8, 4) is 0 Å². The number of hydrogen-bond acceptors (Lipinski definition) is 2. The Labute approximate surface area is 151 Å². The van der Waals surface area contributed by atoms with Crippen LogP contribution in [0.1, 0.15) is 18.4 Å². The van der Waals surface area contributed by atoms with Gasteiger partial charge in [-0.1, -0.05) is 12.2 Å². The summed E-state index contributed by atoms with van der Waals surface area (Å²) in [7, 11) is 0. The third-order valence-corrected chi connectivity index (χ3v) is 7.00. The lowest BCUT2D eigenvalue weighted by Crippen LogP contribution is -2.50. The fourth-order valence-corrected chi connectivity index (χ4v) is 5.57. The number of rotatable bonds is 4. The Hall–Kier alpha value is -1.76. The van der Waals surface area contributed by atoms with Crippen molar-refractivity contribution in [2.24, 2.45) is 34.3 Å². The van der Waals surface area contributed by atoms with E-state index in [0.717, 1.165) is 25.0 Å². The Morgan fingerprint density at radius 2 is 1.92 bits per heavy atom. The normalized spacial score (nSPS) is 33.8. The topological polar surface area (TPSA) is 80.4 Å². The van der Waals surface area contributed by atoms with Crippen LogP contribution in [-0.4, -0.2) is 17.0 Å². The van der Waals surface area contributed by atoms with Crippen LogP contribution in [0.4, 0.5) is 8.78 Å². The molecule has 132 valence electrons. The van der Waals surface area contributed by atoms with Gasteiger partial charge in [-0.15, -0.1) is 0 Å². The van der Waals surface area contributed by atoms with E-state index in [1.54, 1.807) is 0 Å². The Balaban J connectivity index is 1.86. The summed E-state index contributed by atoms with van der Waals surface area (Å²) in [6.45, 7) is 0. The van der Waals surface area contributed by atoms with Gasteiger partial charge in [0, 0.05) is 0 Å². The largest absolute Gasteiger partial charge is 0.481 e. The molecule has 4 rings (SSSR count). The van der Waals surface area contributed by atoms with Crippen LogP contribution in [0, 0.1) is 40.2 Å². The van der Waals surface area contributed by atoms with E-state index in [4.69, 9.17) is 5.73 Å². The Morgan fingerprint density at radius 1 is 1.24 bits per heavy atom. The standard InChI is InChI=1S/C18H16BrF2NO3/c19-10-6-11(20)8(5-12(10)21)7-18(16(22)25)13-2-1-9(14(18)15(23)24)17(13)3-4-17/h1-2,5-6,9,13-14H,3-4,7H2,(H2,22,25)(H,23,24)/t9-,13+,14+,18-/m1/s1. The van der Waals surface area contributed by atoms with Gasteiger partial charge in [-0.25, -0.2) is 8.78 Å². The number of primary amides is 1. The number of carbonyl (C=O) groups is 2. The quantitative estimate of drug-likeness (QED) is 0.590. The van der Waals surface area contributed by atoms with Crippen molar-refractivity contribution in [3.05, 3.63) is 46.0 Å². The highest BCUT2D eigenvalue weighted by molar-refractivity contribution is 9.10. The van der Waals surface area contributed by atoms with Crippen LogP contribution in [0.5, 0.6) is 0 Å². The van der Waals surface area contributed by atoms with E-state index < -0.39 is 34.8 Å². The zero-order valence-corrected chi connectivity index (χ0v) is 14.7. The lowest BCUT2D eigenvalue weighted by Gasteiger charge is -2.37. The maximum atomic E-state index is 14.4. The molecule has 0 radical (unpaired) electrons. The summed E-state index contributed by atoms with van der Waals surface area (Å²) in [6, 6.07) is 2.00. The van der Waals surface area contributed by atoms with Gasteiger partial charge < -0.3 is 10.8 Å². The number of carbonyl (C=O) groups excluding carboxylic acids is 1. The molecule has 0 heterocycles. The lowest BCUT2D eigenvalue weighted by atomic mass is 9.64. The van der Waals surface area contributed by atoms with Gasteiger partial charge >= 0.3 is 5.97 Å². The maximum Gasteiger partial charge on any atom is 0.308 e. The zero-order valence-electron chi connectivity index (χ0n) is 13.1. The Bertz CT molecular complexity index is 836. The van der Waals surface area contributed by atoms with Crippen LogP contribution in [0.25, 0.3) is 0 Å². The molecule has 1 aromatic carbocycles. The number of benzene rings is 1. The van der Waals surface area contributed by atoms with Crippen LogP contribution in [0.2, 0.25) is 0 Å². The first-order chi connectivity index (χ1) is 11.7. The molecular weight excluding hydrogens is 396 g/mol. The van der Waals surface area contributed by atoms with Crippen molar-refractivity contribution in [2.75, 3.05) is 0 Å². The average molecular weight is 412 g/mol. The minimum atomic E-state index is -1.44.